The highest BCUT2D eigenvalue weighted by molar-refractivity contribution is 6.03. The van der Waals surface area contributed by atoms with E-state index >= 15 is 0 Å². The molecule has 0 aliphatic heterocycles. The smallest absolute Gasteiger partial charge is 0.274 e. The molecule has 2 aromatic carbocycles. The molecule has 0 bridgehead atoms. The lowest BCUT2D eigenvalue weighted by Crippen LogP contribution is -2.14. The molecular weight excluding hydrogens is 310 g/mol. The first kappa shape index (κ1) is 16.7. The average Bonchev–Trinajstić information content (AvgIpc) is 2.58. The molecule has 25 heavy (non-hydrogen) atoms. The standard InChI is InChI=1S/C21H21N3O/c1-14-5-4-6-17(12-14)23-18-8-10-20(22-13-18)21(25)24-19-9-7-15(2)11-16(19)3/h4-13,23H,1-3H3,(H,24,25). The van der Waals surface area contributed by atoms with Crippen molar-refractivity contribution in [3.63, 3.8) is 0 Å². The van der Waals surface area contributed by atoms with Gasteiger partial charge < -0.3 is 10.6 Å². The SMILES string of the molecule is Cc1cccc(Nc2ccc(C(=O)Nc3ccc(C)cc3C)nc2)c1. The van der Waals surface area contributed by atoms with E-state index in [0.717, 1.165) is 22.6 Å². The van der Waals surface area contributed by atoms with Gasteiger partial charge in [0.1, 0.15) is 5.69 Å². The second kappa shape index (κ2) is 7.18. The van der Waals surface area contributed by atoms with Crippen LogP contribution in [0.5, 0.6) is 0 Å². The number of hydrogen-bond donors (Lipinski definition) is 2. The Balaban J connectivity index is 1.70. The van der Waals surface area contributed by atoms with E-state index in [-0.39, 0.29) is 5.91 Å². The van der Waals surface area contributed by atoms with Crippen LogP contribution in [0.2, 0.25) is 0 Å². The number of aromatic nitrogens is 1. The molecule has 1 amide bonds. The van der Waals surface area contributed by atoms with Gasteiger partial charge in [-0.05, 0) is 62.2 Å². The van der Waals surface area contributed by atoms with E-state index in [1.54, 1.807) is 12.3 Å². The average molecular weight is 331 g/mol. The Bertz CT molecular complexity index is 901. The zero-order valence-corrected chi connectivity index (χ0v) is 14.6. The van der Waals surface area contributed by atoms with Crippen molar-refractivity contribution in [2.45, 2.75) is 20.8 Å². The maximum Gasteiger partial charge on any atom is 0.274 e. The van der Waals surface area contributed by atoms with Crippen molar-refractivity contribution in [3.8, 4) is 0 Å². The van der Waals surface area contributed by atoms with Crippen LogP contribution in [0.1, 0.15) is 27.2 Å². The van der Waals surface area contributed by atoms with Crippen molar-refractivity contribution < 1.29 is 4.79 Å². The molecule has 3 rings (SSSR count). The van der Waals surface area contributed by atoms with Crippen LogP contribution in [0.15, 0.2) is 60.8 Å². The Hall–Kier alpha value is -3.14. The summed E-state index contributed by atoms with van der Waals surface area (Å²) in [6.07, 6.45) is 1.67. The molecule has 4 heteroatoms. The first-order valence-corrected chi connectivity index (χ1v) is 8.19. The van der Waals surface area contributed by atoms with E-state index in [1.165, 1.54) is 11.1 Å². The maximum absolute atomic E-state index is 12.4. The van der Waals surface area contributed by atoms with E-state index in [9.17, 15) is 4.79 Å². The lowest BCUT2D eigenvalue weighted by atomic mass is 10.1. The number of carbonyl (C=O) groups excluding carboxylic acids is 1. The third kappa shape index (κ3) is 4.23. The summed E-state index contributed by atoms with van der Waals surface area (Å²) in [4.78, 5) is 16.6. The maximum atomic E-state index is 12.4. The van der Waals surface area contributed by atoms with Crippen LogP contribution < -0.4 is 10.6 Å². The minimum atomic E-state index is -0.214. The molecule has 0 saturated carbocycles. The van der Waals surface area contributed by atoms with E-state index in [4.69, 9.17) is 0 Å². The summed E-state index contributed by atoms with van der Waals surface area (Å²) in [5, 5.41) is 6.19. The summed E-state index contributed by atoms with van der Waals surface area (Å²) in [6, 6.07) is 17.6. The minimum Gasteiger partial charge on any atom is -0.354 e. The monoisotopic (exact) mass is 331 g/mol. The Morgan fingerprint density at radius 2 is 1.68 bits per heavy atom. The van der Waals surface area contributed by atoms with Crippen LogP contribution >= 0.6 is 0 Å². The molecule has 0 aliphatic rings. The molecule has 0 radical (unpaired) electrons. The summed E-state index contributed by atoms with van der Waals surface area (Å²) in [7, 11) is 0. The van der Waals surface area contributed by atoms with Crippen LogP contribution in [0.3, 0.4) is 0 Å². The number of aryl methyl sites for hydroxylation is 3. The van der Waals surface area contributed by atoms with Crippen molar-refractivity contribution in [2.24, 2.45) is 0 Å². The summed E-state index contributed by atoms with van der Waals surface area (Å²) in [5.41, 5.74) is 6.41. The first-order chi connectivity index (χ1) is 12.0. The number of carbonyl (C=O) groups is 1. The van der Waals surface area contributed by atoms with Gasteiger partial charge >= 0.3 is 0 Å². The van der Waals surface area contributed by atoms with Crippen LogP contribution in [-0.4, -0.2) is 10.9 Å². The second-order valence-electron chi connectivity index (χ2n) is 6.20. The molecule has 0 unspecified atom stereocenters. The van der Waals surface area contributed by atoms with Gasteiger partial charge in [0, 0.05) is 11.4 Å². The number of pyridine rings is 1. The van der Waals surface area contributed by atoms with Crippen LogP contribution in [0.25, 0.3) is 0 Å². The Labute approximate surface area is 147 Å². The molecule has 1 heterocycles. The fraction of sp³-hybridized carbons (Fsp3) is 0.143. The quantitative estimate of drug-likeness (QED) is 0.707. The highest BCUT2D eigenvalue weighted by Crippen LogP contribution is 2.19. The van der Waals surface area contributed by atoms with Crippen molar-refractivity contribution in [1.82, 2.24) is 4.98 Å². The Morgan fingerprint density at radius 1 is 0.880 bits per heavy atom. The number of nitrogens with zero attached hydrogens (tertiary/aromatic N) is 1. The molecular formula is C21H21N3O. The van der Waals surface area contributed by atoms with Crippen molar-refractivity contribution >= 4 is 23.0 Å². The van der Waals surface area contributed by atoms with Crippen LogP contribution in [0.4, 0.5) is 17.1 Å². The normalized spacial score (nSPS) is 10.4. The second-order valence-corrected chi connectivity index (χ2v) is 6.20. The summed E-state index contributed by atoms with van der Waals surface area (Å²) < 4.78 is 0. The lowest BCUT2D eigenvalue weighted by molar-refractivity contribution is 0.102. The van der Waals surface area contributed by atoms with Gasteiger partial charge in [-0.2, -0.15) is 0 Å². The number of hydrogen-bond acceptors (Lipinski definition) is 3. The fourth-order valence-electron chi connectivity index (χ4n) is 2.63. The van der Waals surface area contributed by atoms with E-state index < -0.39 is 0 Å². The fourth-order valence-corrected chi connectivity index (χ4v) is 2.63. The molecule has 4 nitrogen and oxygen atoms in total. The van der Waals surface area contributed by atoms with Gasteiger partial charge in [0.25, 0.3) is 5.91 Å². The molecule has 3 aromatic rings. The van der Waals surface area contributed by atoms with Gasteiger partial charge in [-0.3, -0.25) is 4.79 Å². The molecule has 1 aromatic heterocycles. The minimum absolute atomic E-state index is 0.214. The van der Waals surface area contributed by atoms with Gasteiger partial charge in [-0.15, -0.1) is 0 Å². The van der Waals surface area contributed by atoms with Crippen molar-refractivity contribution in [2.75, 3.05) is 10.6 Å². The molecule has 0 aliphatic carbocycles. The van der Waals surface area contributed by atoms with Gasteiger partial charge in [0.05, 0.1) is 11.9 Å². The summed E-state index contributed by atoms with van der Waals surface area (Å²) in [5.74, 6) is -0.214. The van der Waals surface area contributed by atoms with E-state index in [2.05, 4.69) is 21.7 Å². The van der Waals surface area contributed by atoms with Gasteiger partial charge in [-0.1, -0.05) is 29.8 Å². The number of anilines is 3. The van der Waals surface area contributed by atoms with E-state index in [0.29, 0.717) is 5.69 Å². The van der Waals surface area contributed by atoms with Gasteiger partial charge in [-0.25, -0.2) is 4.98 Å². The number of nitrogens with one attached hydrogen (secondary N) is 2. The third-order valence-corrected chi connectivity index (χ3v) is 3.93. The van der Waals surface area contributed by atoms with Crippen LogP contribution in [0, 0.1) is 20.8 Å². The lowest BCUT2D eigenvalue weighted by Gasteiger charge is -2.10. The van der Waals surface area contributed by atoms with Crippen molar-refractivity contribution in [1.29, 1.82) is 0 Å². The Kier molecular flexibility index (Phi) is 4.80. The number of rotatable bonds is 4. The summed E-state index contributed by atoms with van der Waals surface area (Å²) >= 11 is 0. The number of amides is 1. The molecule has 0 saturated heterocycles. The predicted molar refractivity (Wildman–Crippen MR) is 103 cm³/mol. The Morgan fingerprint density at radius 3 is 2.36 bits per heavy atom. The third-order valence-electron chi connectivity index (χ3n) is 3.93. The highest BCUT2D eigenvalue weighted by atomic mass is 16.1. The summed E-state index contributed by atoms with van der Waals surface area (Å²) in [6.45, 7) is 6.05. The highest BCUT2D eigenvalue weighted by Gasteiger charge is 2.09. The van der Waals surface area contributed by atoms with E-state index in [1.807, 2.05) is 63.2 Å². The zero-order valence-electron chi connectivity index (χ0n) is 14.6. The van der Waals surface area contributed by atoms with Gasteiger partial charge in [0.15, 0.2) is 0 Å². The first-order valence-electron chi connectivity index (χ1n) is 8.19. The van der Waals surface area contributed by atoms with Gasteiger partial charge in [0.2, 0.25) is 0 Å². The zero-order chi connectivity index (χ0) is 17.8. The molecule has 0 spiro atoms. The van der Waals surface area contributed by atoms with Crippen molar-refractivity contribution in [3.05, 3.63) is 83.2 Å². The molecule has 2 N–H and O–H groups in total. The predicted octanol–water partition coefficient (Wildman–Crippen LogP) is 5.00. The number of benzene rings is 2. The molecule has 0 fully saturated rings. The topological polar surface area (TPSA) is 54.0 Å². The largest absolute Gasteiger partial charge is 0.354 e. The molecule has 126 valence electrons. The van der Waals surface area contributed by atoms with Crippen LogP contribution in [-0.2, 0) is 0 Å². The molecule has 0 atom stereocenters.